The highest BCUT2D eigenvalue weighted by atomic mass is 32.1. The van der Waals surface area contributed by atoms with Crippen LogP contribution in [0, 0.1) is 6.92 Å². The number of aromatic nitrogens is 2. The van der Waals surface area contributed by atoms with Gasteiger partial charge in [0.05, 0.1) is 16.6 Å². The van der Waals surface area contributed by atoms with Crippen LogP contribution in [0.2, 0.25) is 0 Å². The molecule has 1 N–H and O–H groups in total. The third kappa shape index (κ3) is 3.23. The summed E-state index contributed by atoms with van der Waals surface area (Å²) in [4.78, 5) is 32.9. The average molecular weight is 348 g/mol. The van der Waals surface area contributed by atoms with Crippen LogP contribution in [-0.2, 0) is 7.05 Å². The van der Waals surface area contributed by atoms with Gasteiger partial charge in [-0.3, -0.25) is 9.59 Å². The van der Waals surface area contributed by atoms with E-state index in [9.17, 15) is 9.59 Å². The van der Waals surface area contributed by atoms with Crippen LogP contribution in [0.1, 0.15) is 41.4 Å². The van der Waals surface area contributed by atoms with E-state index in [0.29, 0.717) is 15.1 Å². The number of hydrogen-bond donors (Lipinski definition) is 1. The molecular weight excluding hydrogens is 324 g/mol. The summed E-state index contributed by atoms with van der Waals surface area (Å²) in [5, 5.41) is 3.70. The number of likely N-dealkylation sites (tertiary alicyclic amines) is 1. The quantitative estimate of drug-likeness (QED) is 0.916. The van der Waals surface area contributed by atoms with Gasteiger partial charge in [0, 0.05) is 26.2 Å². The number of rotatable bonds is 4. The Morgan fingerprint density at radius 1 is 1.42 bits per heavy atom. The topological polar surface area (TPSA) is 67.2 Å². The molecule has 0 saturated carbocycles. The summed E-state index contributed by atoms with van der Waals surface area (Å²) < 4.78 is 1.45. The van der Waals surface area contributed by atoms with Gasteiger partial charge in [0.2, 0.25) is 0 Å². The molecule has 2 aromatic rings. The van der Waals surface area contributed by atoms with Crippen molar-refractivity contribution in [1.29, 1.82) is 0 Å². The molecule has 1 amide bonds. The molecule has 0 atom stereocenters. The Hall–Kier alpha value is -1.73. The normalized spacial score (nSPS) is 16.6. The van der Waals surface area contributed by atoms with E-state index in [1.54, 1.807) is 7.05 Å². The van der Waals surface area contributed by atoms with Gasteiger partial charge >= 0.3 is 0 Å². The second-order valence-corrected chi connectivity index (χ2v) is 7.49. The van der Waals surface area contributed by atoms with E-state index in [1.165, 1.54) is 28.7 Å². The first kappa shape index (κ1) is 17.1. The number of piperidine rings is 1. The molecule has 1 fully saturated rings. The standard InChI is InChI=1S/C17H24N4O2S/c1-4-7-21-8-5-12(6-9-21)19-15(22)14-11(2)13-16(24-14)18-10-20(3)17(13)23/h10,12H,4-9H2,1-3H3,(H,19,22). The van der Waals surface area contributed by atoms with Crippen molar-refractivity contribution >= 4 is 27.5 Å². The maximum atomic E-state index is 12.7. The lowest BCUT2D eigenvalue weighted by molar-refractivity contribution is 0.0915. The van der Waals surface area contributed by atoms with Gasteiger partial charge in [0.15, 0.2) is 0 Å². The molecule has 2 aromatic heterocycles. The number of nitrogens with one attached hydrogen (secondary N) is 1. The Morgan fingerprint density at radius 3 is 2.79 bits per heavy atom. The largest absolute Gasteiger partial charge is 0.349 e. The number of amides is 1. The second kappa shape index (κ2) is 7.03. The van der Waals surface area contributed by atoms with Crippen LogP contribution in [0.5, 0.6) is 0 Å². The molecule has 0 radical (unpaired) electrons. The SMILES string of the molecule is CCCN1CCC(NC(=O)c2sc3ncn(C)c(=O)c3c2C)CC1. The molecule has 0 aliphatic carbocycles. The molecule has 0 unspecified atom stereocenters. The number of thiophene rings is 1. The van der Waals surface area contributed by atoms with E-state index in [2.05, 4.69) is 22.1 Å². The molecule has 6 nitrogen and oxygen atoms in total. The minimum Gasteiger partial charge on any atom is -0.349 e. The van der Waals surface area contributed by atoms with E-state index in [0.717, 1.165) is 38.0 Å². The summed E-state index contributed by atoms with van der Waals surface area (Å²) >= 11 is 1.31. The van der Waals surface area contributed by atoms with Gasteiger partial charge in [-0.25, -0.2) is 4.98 Å². The van der Waals surface area contributed by atoms with Crippen LogP contribution in [0.15, 0.2) is 11.1 Å². The molecule has 0 spiro atoms. The molecule has 3 rings (SSSR count). The third-order valence-electron chi connectivity index (χ3n) is 4.68. The first-order valence-electron chi connectivity index (χ1n) is 8.49. The molecule has 24 heavy (non-hydrogen) atoms. The van der Waals surface area contributed by atoms with Gasteiger partial charge in [0.25, 0.3) is 11.5 Å². The fourth-order valence-corrected chi connectivity index (χ4v) is 4.34. The van der Waals surface area contributed by atoms with Crippen molar-refractivity contribution in [3.8, 4) is 0 Å². The molecule has 130 valence electrons. The average Bonchev–Trinajstić information content (AvgIpc) is 2.91. The maximum Gasteiger partial charge on any atom is 0.262 e. The van der Waals surface area contributed by atoms with Crippen molar-refractivity contribution in [2.75, 3.05) is 19.6 Å². The zero-order valence-corrected chi connectivity index (χ0v) is 15.3. The predicted octanol–water partition coefficient (Wildman–Crippen LogP) is 1.91. The minimum atomic E-state index is -0.0966. The van der Waals surface area contributed by atoms with E-state index < -0.39 is 0 Å². The van der Waals surface area contributed by atoms with Crippen molar-refractivity contribution < 1.29 is 4.79 Å². The highest BCUT2D eigenvalue weighted by Crippen LogP contribution is 2.27. The molecule has 1 aliphatic heterocycles. The first-order valence-corrected chi connectivity index (χ1v) is 9.30. The Bertz CT molecular complexity index is 803. The fraction of sp³-hybridized carbons (Fsp3) is 0.588. The summed E-state index contributed by atoms with van der Waals surface area (Å²) in [6.07, 6.45) is 4.64. The summed E-state index contributed by atoms with van der Waals surface area (Å²) in [7, 11) is 1.68. The Labute approximate surface area is 145 Å². The lowest BCUT2D eigenvalue weighted by Gasteiger charge is -2.32. The number of carbonyl (C=O) groups excluding carboxylic acids is 1. The lowest BCUT2D eigenvalue weighted by Crippen LogP contribution is -2.44. The number of fused-ring (bicyclic) bond motifs is 1. The number of aryl methyl sites for hydroxylation is 2. The molecule has 0 bridgehead atoms. The molecule has 0 aromatic carbocycles. The minimum absolute atomic E-state index is 0.0773. The van der Waals surface area contributed by atoms with E-state index in [-0.39, 0.29) is 17.5 Å². The van der Waals surface area contributed by atoms with Crippen LogP contribution < -0.4 is 10.9 Å². The number of carbonyl (C=O) groups is 1. The summed E-state index contributed by atoms with van der Waals surface area (Å²) in [5.74, 6) is -0.0773. The molecular formula is C17H24N4O2S. The number of nitrogens with zero attached hydrogens (tertiary/aromatic N) is 3. The van der Waals surface area contributed by atoms with Gasteiger partial charge in [-0.15, -0.1) is 11.3 Å². The zero-order chi connectivity index (χ0) is 17.3. The summed E-state index contributed by atoms with van der Waals surface area (Å²) in [6.45, 7) is 7.22. The lowest BCUT2D eigenvalue weighted by atomic mass is 10.0. The van der Waals surface area contributed by atoms with Gasteiger partial charge < -0.3 is 14.8 Å². The Morgan fingerprint density at radius 2 is 2.12 bits per heavy atom. The van der Waals surface area contributed by atoms with Gasteiger partial charge in [0.1, 0.15) is 4.83 Å². The molecule has 3 heterocycles. The van der Waals surface area contributed by atoms with Gasteiger partial charge in [-0.1, -0.05) is 6.92 Å². The van der Waals surface area contributed by atoms with Crippen molar-refractivity contribution in [1.82, 2.24) is 19.8 Å². The maximum absolute atomic E-state index is 12.7. The van der Waals surface area contributed by atoms with Crippen molar-refractivity contribution in [2.45, 2.75) is 39.2 Å². The molecule has 1 aliphatic rings. The van der Waals surface area contributed by atoms with Crippen molar-refractivity contribution in [3.05, 3.63) is 27.1 Å². The van der Waals surface area contributed by atoms with Crippen LogP contribution in [-0.4, -0.2) is 46.0 Å². The monoisotopic (exact) mass is 348 g/mol. The van der Waals surface area contributed by atoms with Gasteiger partial charge in [-0.05, 0) is 38.3 Å². The van der Waals surface area contributed by atoms with E-state index in [4.69, 9.17) is 0 Å². The highest BCUT2D eigenvalue weighted by molar-refractivity contribution is 7.20. The molecule has 7 heteroatoms. The van der Waals surface area contributed by atoms with Crippen LogP contribution >= 0.6 is 11.3 Å². The van der Waals surface area contributed by atoms with Crippen LogP contribution in [0.3, 0.4) is 0 Å². The van der Waals surface area contributed by atoms with E-state index >= 15 is 0 Å². The second-order valence-electron chi connectivity index (χ2n) is 6.49. The third-order valence-corrected chi connectivity index (χ3v) is 5.88. The first-order chi connectivity index (χ1) is 11.5. The zero-order valence-electron chi connectivity index (χ0n) is 14.5. The Balaban J connectivity index is 1.74. The smallest absolute Gasteiger partial charge is 0.262 e. The van der Waals surface area contributed by atoms with E-state index in [1.807, 2.05) is 6.92 Å². The number of hydrogen-bond acceptors (Lipinski definition) is 5. The van der Waals surface area contributed by atoms with Crippen LogP contribution in [0.4, 0.5) is 0 Å². The fourth-order valence-electron chi connectivity index (χ4n) is 3.29. The predicted molar refractivity (Wildman–Crippen MR) is 96.8 cm³/mol. The van der Waals surface area contributed by atoms with Crippen molar-refractivity contribution in [2.24, 2.45) is 7.05 Å². The van der Waals surface area contributed by atoms with Crippen LogP contribution in [0.25, 0.3) is 10.2 Å². The summed E-state index contributed by atoms with van der Waals surface area (Å²) in [6, 6.07) is 0.214. The Kier molecular flexibility index (Phi) is 5.01. The van der Waals surface area contributed by atoms with Crippen molar-refractivity contribution in [3.63, 3.8) is 0 Å². The van der Waals surface area contributed by atoms with Gasteiger partial charge in [-0.2, -0.15) is 0 Å². The molecule has 1 saturated heterocycles. The summed E-state index contributed by atoms with van der Waals surface area (Å²) in [5.41, 5.74) is 0.644. The highest BCUT2D eigenvalue weighted by Gasteiger charge is 2.24.